The molecule has 0 radical (unpaired) electrons. The molecule has 41 heavy (non-hydrogen) atoms. The van der Waals surface area contributed by atoms with Gasteiger partial charge in [-0.1, -0.05) is 73.4 Å². The van der Waals surface area contributed by atoms with Crippen molar-refractivity contribution in [2.45, 2.75) is 57.1 Å². The fraction of sp³-hybridized carbons (Fsp3) is 0.333. The minimum absolute atomic E-state index is 0.0117. The third-order valence-electron chi connectivity index (χ3n) is 6.68. The Kier molecular flexibility index (Phi) is 11.5. The molecule has 0 aromatic heterocycles. The van der Waals surface area contributed by atoms with Gasteiger partial charge in [0.1, 0.15) is 18.3 Å². The number of carbonyl (C=O) groups is 2. The maximum atomic E-state index is 14.2. The van der Waals surface area contributed by atoms with Gasteiger partial charge in [-0.05, 0) is 61.7 Å². The summed E-state index contributed by atoms with van der Waals surface area (Å²) in [6.07, 6.45) is 1.02. The molecule has 2 unspecified atom stereocenters. The summed E-state index contributed by atoms with van der Waals surface area (Å²) in [5.41, 5.74) is 0.764. The van der Waals surface area contributed by atoms with E-state index in [4.69, 9.17) is 27.9 Å². The first kappa shape index (κ1) is 32.2. The lowest BCUT2D eigenvalue weighted by Gasteiger charge is -2.34. The van der Waals surface area contributed by atoms with Gasteiger partial charge in [0.2, 0.25) is 11.8 Å². The third-order valence-corrected chi connectivity index (χ3v) is 9.27. The fourth-order valence-corrected chi connectivity index (χ4v) is 6.14. The highest BCUT2D eigenvalue weighted by atomic mass is 35.5. The summed E-state index contributed by atoms with van der Waals surface area (Å²) in [6.45, 7) is 5.07. The van der Waals surface area contributed by atoms with Crippen LogP contribution in [0.25, 0.3) is 0 Å². The van der Waals surface area contributed by atoms with Gasteiger partial charge in [-0.15, -0.1) is 0 Å². The first-order valence-electron chi connectivity index (χ1n) is 13.3. The molecule has 0 saturated carbocycles. The van der Waals surface area contributed by atoms with Crippen LogP contribution < -0.4 is 14.4 Å². The SMILES string of the molecule is CCC(C)NC(=O)C(CC)N(Cc1cccc(OC)c1)C(=O)CN(c1cccc(Cl)c1Cl)S(=O)(=O)c1ccccc1. The second kappa shape index (κ2) is 14.6. The van der Waals surface area contributed by atoms with Gasteiger partial charge in [0.05, 0.1) is 27.7 Å². The summed E-state index contributed by atoms with van der Waals surface area (Å²) in [6, 6.07) is 18.5. The number of halogens is 2. The number of anilines is 1. The van der Waals surface area contributed by atoms with Crippen molar-refractivity contribution in [3.63, 3.8) is 0 Å². The average molecular weight is 621 g/mol. The Hall–Kier alpha value is -3.27. The van der Waals surface area contributed by atoms with Gasteiger partial charge in [-0.25, -0.2) is 8.42 Å². The molecule has 3 aromatic rings. The van der Waals surface area contributed by atoms with Crippen molar-refractivity contribution >= 4 is 50.7 Å². The first-order valence-corrected chi connectivity index (χ1v) is 15.5. The summed E-state index contributed by atoms with van der Waals surface area (Å²) in [4.78, 5) is 28.9. The summed E-state index contributed by atoms with van der Waals surface area (Å²) in [5.74, 6) is -0.322. The molecule has 11 heteroatoms. The van der Waals surface area contributed by atoms with Crippen LogP contribution in [0.5, 0.6) is 5.75 Å². The van der Waals surface area contributed by atoms with E-state index in [1.807, 2.05) is 19.9 Å². The normalized spacial score (nSPS) is 12.7. The van der Waals surface area contributed by atoms with E-state index in [2.05, 4.69) is 5.32 Å². The third kappa shape index (κ3) is 7.93. The number of carbonyl (C=O) groups excluding carboxylic acids is 2. The van der Waals surface area contributed by atoms with Crippen LogP contribution in [0.15, 0.2) is 77.7 Å². The quantitative estimate of drug-likeness (QED) is 0.256. The summed E-state index contributed by atoms with van der Waals surface area (Å²) >= 11 is 12.7. The molecule has 0 aliphatic heterocycles. The molecule has 0 saturated heterocycles. The standard InChI is InChI=1S/C30H35Cl2N3O5S/c1-5-21(3)33-30(37)26(6-2)34(19-22-12-10-13-23(18-22)40-4)28(36)20-35(27-17-11-16-25(31)29(27)32)41(38,39)24-14-8-7-9-15-24/h7-18,21,26H,5-6,19-20H2,1-4H3,(H,33,37). The van der Waals surface area contributed by atoms with Crippen LogP contribution in [-0.2, 0) is 26.2 Å². The number of methoxy groups -OCH3 is 1. The molecular weight excluding hydrogens is 585 g/mol. The van der Waals surface area contributed by atoms with E-state index >= 15 is 0 Å². The fourth-order valence-electron chi connectivity index (χ4n) is 4.25. The number of amides is 2. The molecule has 3 rings (SSSR count). The Morgan fingerprint density at radius 1 is 0.951 bits per heavy atom. The molecule has 0 spiro atoms. The van der Waals surface area contributed by atoms with Gasteiger partial charge < -0.3 is 15.0 Å². The molecule has 2 atom stereocenters. The molecule has 0 bridgehead atoms. The van der Waals surface area contributed by atoms with E-state index in [1.165, 1.54) is 36.3 Å². The predicted molar refractivity (Wildman–Crippen MR) is 163 cm³/mol. The zero-order valence-corrected chi connectivity index (χ0v) is 25.8. The Morgan fingerprint density at radius 2 is 1.63 bits per heavy atom. The van der Waals surface area contributed by atoms with Crippen molar-refractivity contribution in [2.24, 2.45) is 0 Å². The zero-order valence-electron chi connectivity index (χ0n) is 23.5. The van der Waals surface area contributed by atoms with Crippen LogP contribution in [-0.4, -0.2) is 50.9 Å². The van der Waals surface area contributed by atoms with E-state index in [0.717, 1.165) is 4.31 Å². The van der Waals surface area contributed by atoms with Crippen molar-refractivity contribution < 1.29 is 22.7 Å². The van der Waals surface area contributed by atoms with Crippen molar-refractivity contribution in [3.05, 3.63) is 88.4 Å². The number of sulfonamides is 1. The number of ether oxygens (including phenoxy) is 1. The van der Waals surface area contributed by atoms with E-state index in [1.54, 1.807) is 49.4 Å². The van der Waals surface area contributed by atoms with Crippen LogP contribution in [0.2, 0.25) is 10.0 Å². The Morgan fingerprint density at radius 3 is 2.27 bits per heavy atom. The van der Waals surface area contributed by atoms with Gasteiger partial charge in [-0.2, -0.15) is 0 Å². The molecule has 0 heterocycles. The van der Waals surface area contributed by atoms with Gasteiger partial charge >= 0.3 is 0 Å². The Labute approximate surface area is 252 Å². The molecule has 0 aliphatic rings. The highest BCUT2D eigenvalue weighted by Crippen LogP contribution is 2.35. The summed E-state index contributed by atoms with van der Waals surface area (Å²) < 4.78 is 34.1. The van der Waals surface area contributed by atoms with Crippen molar-refractivity contribution in [2.75, 3.05) is 18.0 Å². The molecule has 2 amide bonds. The van der Waals surface area contributed by atoms with E-state index in [-0.39, 0.29) is 39.1 Å². The Bertz CT molecular complexity index is 1450. The first-order chi connectivity index (χ1) is 19.5. The minimum atomic E-state index is -4.26. The largest absolute Gasteiger partial charge is 0.497 e. The average Bonchev–Trinajstić information content (AvgIpc) is 2.97. The molecule has 220 valence electrons. The second-order valence-electron chi connectivity index (χ2n) is 9.51. The van der Waals surface area contributed by atoms with Gasteiger partial charge in [0.15, 0.2) is 0 Å². The lowest BCUT2D eigenvalue weighted by atomic mass is 10.1. The van der Waals surface area contributed by atoms with Gasteiger partial charge in [-0.3, -0.25) is 13.9 Å². The van der Waals surface area contributed by atoms with Crippen molar-refractivity contribution in [1.82, 2.24) is 10.2 Å². The van der Waals surface area contributed by atoms with Crippen LogP contribution in [0, 0.1) is 0 Å². The maximum absolute atomic E-state index is 14.2. The smallest absolute Gasteiger partial charge is 0.264 e. The van der Waals surface area contributed by atoms with Gasteiger partial charge in [0, 0.05) is 12.6 Å². The maximum Gasteiger partial charge on any atom is 0.264 e. The lowest BCUT2D eigenvalue weighted by molar-refractivity contribution is -0.140. The number of hydrogen-bond donors (Lipinski definition) is 1. The van der Waals surface area contributed by atoms with Crippen LogP contribution >= 0.6 is 23.2 Å². The number of benzene rings is 3. The Balaban J connectivity index is 2.10. The van der Waals surface area contributed by atoms with Crippen LogP contribution in [0.4, 0.5) is 5.69 Å². The molecule has 3 aromatic carbocycles. The lowest BCUT2D eigenvalue weighted by Crippen LogP contribution is -2.53. The summed E-state index contributed by atoms with van der Waals surface area (Å²) in [7, 11) is -2.72. The summed E-state index contributed by atoms with van der Waals surface area (Å²) in [5, 5.41) is 3.08. The van der Waals surface area contributed by atoms with E-state index in [9.17, 15) is 18.0 Å². The van der Waals surface area contributed by atoms with Crippen molar-refractivity contribution in [1.29, 1.82) is 0 Å². The molecule has 0 fully saturated rings. The number of nitrogens with zero attached hydrogens (tertiary/aromatic N) is 2. The topological polar surface area (TPSA) is 96.0 Å². The second-order valence-corrected chi connectivity index (χ2v) is 12.2. The highest BCUT2D eigenvalue weighted by molar-refractivity contribution is 7.92. The van der Waals surface area contributed by atoms with Crippen LogP contribution in [0.1, 0.15) is 39.2 Å². The van der Waals surface area contributed by atoms with E-state index < -0.39 is 28.5 Å². The molecular formula is C30H35Cl2N3O5S. The molecule has 8 nitrogen and oxygen atoms in total. The molecule has 1 N–H and O–H groups in total. The highest BCUT2D eigenvalue weighted by Gasteiger charge is 2.35. The van der Waals surface area contributed by atoms with Gasteiger partial charge in [0.25, 0.3) is 10.0 Å². The van der Waals surface area contributed by atoms with Crippen LogP contribution in [0.3, 0.4) is 0 Å². The predicted octanol–water partition coefficient (Wildman–Crippen LogP) is 5.92. The van der Waals surface area contributed by atoms with E-state index in [0.29, 0.717) is 24.2 Å². The van der Waals surface area contributed by atoms with Crippen molar-refractivity contribution in [3.8, 4) is 5.75 Å². The monoisotopic (exact) mass is 619 g/mol. The molecule has 0 aliphatic carbocycles. The number of hydrogen-bond acceptors (Lipinski definition) is 5. The minimum Gasteiger partial charge on any atom is -0.497 e. The number of nitrogens with one attached hydrogen (secondary N) is 1. The zero-order chi connectivity index (χ0) is 30.2. The number of rotatable bonds is 13.